The summed E-state index contributed by atoms with van der Waals surface area (Å²) < 4.78 is 5.35. The Kier molecular flexibility index (Phi) is 5.57. The zero-order valence-electron chi connectivity index (χ0n) is 13.5. The average Bonchev–Trinajstić information content (AvgIpc) is 3.37. The minimum absolute atomic E-state index is 0.158. The van der Waals surface area contributed by atoms with Crippen LogP contribution in [0.5, 0.6) is 0 Å². The molecular weight excluding hydrogens is 312 g/mol. The van der Waals surface area contributed by atoms with E-state index in [9.17, 15) is 4.79 Å². The molecule has 1 aliphatic carbocycles. The highest BCUT2D eigenvalue weighted by atomic mass is 35.5. The summed E-state index contributed by atoms with van der Waals surface area (Å²) in [4.78, 5) is 15.0. The second-order valence-electron chi connectivity index (χ2n) is 6.51. The van der Waals surface area contributed by atoms with Gasteiger partial charge < -0.3 is 10.1 Å². The largest absolute Gasteiger partial charge is 0.379 e. The van der Waals surface area contributed by atoms with E-state index >= 15 is 0 Å². The molecule has 1 heterocycles. The topological polar surface area (TPSA) is 41.6 Å². The monoisotopic (exact) mass is 336 g/mol. The Balaban J connectivity index is 1.39. The van der Waals surface area contributed by atoms with Crippen molar-refractivity contribution in [2.45, 2.75) is 31.1 Å². The zero-order valence-corrected chi connectivity index (χ0v) is 14.3. The van der Waals surface area contributed by atoms with Gasteiger partial charge in [0.15, 0.2) is 0 Å². The van der Waals surface area contributed by atoms with E-state index in [0.717, 1.165) is 70.6 Å². The van der Waals surface area contributed by atoms with E-state index in [2.05, 4.69) is 10.2 Å². The van der Waals surface area contributed by atoms with Crippen molar-refractivity contribution >= 4 is 17.5 Å². The number of halogens is 1. The number of ether oxygens (including phenoxy) is 1. The third-order valence-electron chi connectivity index (χ3n) is 4.85. The molecule has 23 heavy (non-hydrogen) atoms. The first-order valence-corrected chi connectivity index (χ1v) is 8.93. The minimum Gasteiger partial charge on any atom is -0.379 e. The van der Waals surface area contributed by atoms with Crippen LogP contribution in [0.2, 0.25) is 5.02 Å². The maximum atomic E-state index is 12.5. The van der Waals surface area contributed by atoms with Gasteiger partial charge in [-0.1, -0.05) is 23.7 Å². The standard InChI is InChI=1S/C18H25ClN2O2/c19-16-5-3-4-15(14-16)18(6-7-18)17(22)20-8-1-2-9-21-10-12-23-13-11-21/h3-5,14H,1-2,6-13H2,(H,20,22). The SMILES string of the molecule is O=C(NCCCCN1CCOCC1)C1(c2cccc(Cl)c2)CC1. The summed E-state index contributed by atoms with van der Waals surface area (Å²) in [7, 11) is 0. The van der Waals surface area contributed by atoms with Crippen LogP contribution in [0.3, 0.4) is 0 Å². The van der Waals surface area contributed by atoms with Crippen molar-refractivity contribution in [2.24, 2.45) is 0 Å². The molecule has 4 nitrogen and oxygen atoms in total. The molecular formula is C18H25ClN2O2. The van der Waals surface area contributed by atoms with Crippen molar-refractivity contribution in [3.63, 3.8) is 0 Å². The number of hydrogen-bond acceptors (Lipinski definition) is 3. The van der Waals surface area contributed by atoms with Gasteiger partial charge in [0.1, 0.15) is 0 Å². The minimum atomic E-state index is -0.324. The van der Waals surface area contributed by atoms with E-state index in [1.807, 2.05) is 24.3 Å². The van der Waals surface area contributed by atoms with Crippen molar-refractivity contribution < 1.29 is 9.53 Å². The van der Waals surface area contributed by atoms with E-state index in [1.54, 1.807) is 0 Å². The Hall–Kier alpha value is -1.10. The molecule has 3 rings (SSSR count). The third-order valence-corrected chi connectivity index (χ3v) is 5.09. The van der Waals surface area contributed by atoms with Crippen molar-refractivity contribution in [1.82, 2.24) is 10.2 Å². The molecule has 1 aromatic rings. The molecule has 1 aromatic carbocycles. The highest BCUT2D eigenvalue weighted by Crippen LogP contribution is 2.48. The maximum absolute atomic E-state index is 12.5. The number of hydrogen-bond donors (Lipinski definition) is 1. The highest BCUT2D eigenvalue weighted by molar-refractivity contribution is 6.30. The van der Waals surface area contributed by atoms with E-state index in [0.29, 0.717) is 5.02 Å². The molecule has 0 atom stereocenters. The second kappa shape index (κ2) is 7.65. The van der Waals surface area contributed by atoms with Crippen LogP contribution in [0.4, 0.5) is 0 Å². The number of unbranched alkanes of at least 4 members (excludes halogenated alkanes) is 1. The Bertz CT molecular complexity index is 540. The Morgan fingerprint density at radius 2 is 2.04 bits per heavy atom. The quantitative estimate of drug-likeness (QED) is 0.778. The van der Waals surface area contributed by atoms with Crippen molar-refractivity contribution in [1.29, 1.82) is 0 Å². The van der Waals surface area contributed by atoms with Gasteiger partial charge in [0.05, 0.1) is 18.6 Å². The maximum Gasteiger partial charge on any atom is 0.230 e. The first-order valence-electron chi connectivity index (χ1n) is 8.55. The summed E-state index contributed by atoms with van der Waals surface area (Å²) in [6, 6.07) is 7.71. The molecule has 1 amide bonds. The van der Waals surface area contributed by atoms with Gasteiger partial charge in [0, 0.05) is 24.7 Å². The third kappa shape index (κ3) is 4.25. The number of carbonyl (C=O) groups is 1. The Morgan fingerprint density at radius 3 is 2.74 bits per heavy atom. The molecule has 5 heteroatoms. The molecule has 2 fully saturated rings. The van der Waals surface area contributed by atoms with Crippen molar-refractivity contribution in [3.8, 4) is 0 Å². The summed E-state index contributed by atoms with van der Waals surface area (Å²) in [6.45, 7) is 5.61. The molecule has 0 radical (unpaired) electrons. The van der Waals surface area contributed by atoms with Crippen LogP contribution >= 0.6 is 11.6 Å². The molecule has 1 saturated heterocycles. The number of carbonyl (C=O) groups excluding carboxylic acids is 1. The lowest BCUT2D eigenvalue weighted by molar-refractivity contribution is -0.123. The summed E-state index contributed by atoms with van der Waals surface area (Å²) >= 11 is 6.06. The lowest BCUT2D eigenvalue weighted by Gasteiger charge is -2.26. The van der Waals surface area contributed by atoms with Crippen LogP contribution in [0.25, 0.3) is 0 Å². The molecule has 1 saturated carbocycles. The lowest BCUT2D eigenvalue weighted by atomic mass is 9.95. The zero-order chi connectivity index (χ0) is 16.1. The van der Waals surface area contributed by atoms with E-state index < -0.39 is 0 Å². The second-order valence-corrected chi connectivity index (χ2v) is 6.95. The number of nitrogens with one attached hydrogen (secondary N) is 1. The van der Waals surface area contributed by atoms with E-state index in [1.165, 1.54) is 0 Å². The van der Waals surface area contributed by atoms with Gasteiger partial charge in [-0.25, -0.2) is 0 Å². The molecule has 2 aliphatic rings. The van der Waals surface area contributed by atoms with Crippen LogP contribution in [0.15, 0.2) is 24.3 Å². The smallest absolute Gasteiger partial charge is 0.230 e. The highest BCUT2D eigenvalue weighted by Gasteiger charge is 2.51. The molecule has 1 aliphatic heterocycles. The van der Waals surface area contributed by atoms with Gasteiger partial charge in [0.2, 0.25) is 5.91 Å². The van der Waals surface area contributed by atoms with Gasteiger partial charge in [-0.05, 0) is 49.9 Å². The molecule has 1 N–H and O–H groups in total. The van der Waals surface area contributed by atoms with Gasteiger partial charge in [0.25, 0.3) is 0 Å². The molecule has 126 valence electrons. The summed E-state index contributed by atoms with van der Waals surface area (Å²) in [5, 5.41) is 3.82. The number of nitrogens with zero attached hydrogens (tertiary/aromatic N) is 1. The number of benzene rings is 1. The molecule has 0 unspecified atom stereocenters. The summed E-state index contributed by atoms with van der Waals surface area (Å²) in [5.74, 6) is 0.158. The van der Waals surface area contributed by atoms with Crippen LogP contribution in [-0.4, -0.2) is 50.2 Å². The van der Waals surface area contributed by atoms with Gasteiger partial charge >= 0.3 is 0 Å². The molecule has 0 aromatic heterocycles. The summed E-state index contributed by atoms with van der Waals surface area (Å²) in [5.41, 5.74) is 0.727. The van der Waals surface area contributed by atoms with Gasteiger partial charge in [-0.3, -0.25) is 9.69 Å². The fourth-order valence-corrected chi connectivity index (χ4v) is 3.40. The number of rotatable bonds is 7. The van der Waals surface area contributed by atoms with Crippen molar-refractivity contribution in [3.05, 3.63) is 34.9 Å². The van der Waals surface area contributed by atoms with E-state index in [-0.39, 0.29) is 11.3 Å². The molecule has 0 spiro atoms. The Labute approximate surface area is 143 Å². The van der Waals surface area contributed by atoms with Crippen LogP contribution in [0, 0.1) is 0 Å². The van der Waals surface area contributed by atoms with Crippen molar-refractivity contribution in [2.75, 3.05) is 39.4 Å². The fraction of sp³-hybridized carbons (Fsp3) is 0.611. The summed E-state index contributed by atoms with van der Waals surface area (Å²) in [6.07, 6.45) is 3.99. The first kappa shape index (κ1) is 16.7. The average molecular weight is 337 g/mol. The van der Waals surface area contributed by atoms with Crippen LogP contribution in [0.1, 0.15) is 31.2 Å². The fourth-order valence-electron chi connectivity index (χ4n) is 3.21. The van der Waals surface area contributed by atoms with Crippen LogP contribution < -0.4 is 5.32 Å². The normalized spacial score (nSPS) is 20.2. The first-order chi connectivity index (χ1) is 11.2. The number of morpholine rings is 1. The van der Waals surface area contributed by atoms with E-state index in [4.69, 9.17) is 16.3 Å². The van der Waals surface area contributed by atoms with Crippen LogP contribution in [-0.2, 0) is 14.9 Å². The predicted octanol–water partition coefficient (Wildman–Crippen LogP) is 2.60. The van der Waals surface area contributed by atoms with Gasteiger partial charge in [-0.15, -0.1) is 0 Å². The molecule has 0 bridgehead atoms. The van der Waals surface area contributed by atoms with Gasteiger partial charge in [-0.2, -0.15) is 0 Å². The lowest BCUT2D eigenvalue weighted by Crippen LogP contribution is -2.38. The number of amides is 1. The predicted molar refractivity (Wildman–Crippen MR) is 91.9 cm³/mol. The Morgan fingerprint density at radius 1 is 1.26 bits per heavy atom.